The SMILES string of the molecule is O=CC1CCN(CC(=O)NNC(=O)c2ccccc2)CC1. The van der Waals surface area contributed by atoms with E-state index in [1.807, 2.05) is 11.0 Å². The molecule has 1 saturated heterocycles. The van der Waals surface area contributed by atoms with Crippen LogP contribution in [-0.2, 0) is 9.59 Å². The Balaban J connectivity index is 1.70. The molecule has 0 aromatic heterocycles. The summed E-state index contributed by atoms with van der Waals surface area (Å²) in [6.45, 7) is 1.67. The van der Waals surface area contributed by atoms with Crippen LogP contribution in [0.5, 0.6) is 0 Å². The van der Waals surface area contributed by atoms with E-state index in [0.29, 0.717) is 5.56 Å². The van der Waals surface area contributed by atoms with Crippen molar-refractivity contribution >= 4 is 18.1 Å². The van der Waals surface area contributed by atoms with Crippen molar-refractivity contribution in [1.82, 2.24) is 15.8 Å². The van der Waals surface area contributed by atoms with Crippen LogP contribution in [-0.4, -0.2) is 42.6 Å². The van der Waals surface area contributed by atoms with Crippen LogP contribution in [0.3, 0.4) is 0 Å². The number of piperidine rings is 1. The molecule has 0 bridgehead atoms. The number of amides is 2. The van der Waals surface area contributed by atoms with Crippen LogP contribution in [0.25, 0.3) is 0 Å². The Morgan fingerprint density at radius 1 is 1.14 bits per heavy atom. The number of nitrogens with one attached hydrogen (secondary N) is 2. The van der Waals surface area contributed by atoms with Gasteiger partial charge < -0.3 is 4.79 Å². The Kier molecular flexibility index (Phi) is 5.45. The summed E-state index contributed by atoms with van der Waals surface area (Å²) in [6, 6.07) is 8.68. The summed E-state index contributed by atoms with van der Waals surface area (Å²) in [5.74, 6) is -0.491. The maximum atomic E-state index is 11.8. The van der Waals surface area contributed by atoms with Crippen molar-refractivity contribution in [3.63, 3.8) is 0 Å². The topological polar surface area (TPSA) is 78.5 Å². The van der Waals surface area contributed by atoms with Crippen molar-refractivity contribution in [2.75, 3.05) is 19.6 Å². The number of carbonyl (C=O) groups is 3. The molecule has 0 spiro atoms. The van der Waals surface area contributed by atoms with Crippen LogP contribution in [0.2, 0.25) is 0 Å². The molecule has 0 saturated carbocycles. The summed E-state index contributed by atoms with van der Waals surface area (Å²) in [7, 11) is 0. The summed E-state index contributed by atoms with van der Waals surface area (Å²) < 4.78 is 0. The summed E-state index contributed by atoms with van der Waals surface area (Å²) >= 11 is 0. The number of benzene rings is 1. The lowest BCUT2D eigenvalue weighted by molar-refractivity contribution is -0.123. The Bertz CT molecular complexity index is 496. The third kappa shape index (κ3) is 4.68. The second kappa shape index (κ2) is 7.54. The van der Waals surface area contributed by atoms with Crippen LogP contribution in [0.4, 0.5) is 0 Å². The van der Waals surface area contributed by atoms with Gasteiger partial charge in [0.25, 0.3) is 11.8 Å². The number of aldehydes is 1. The van der Waals surface area contributed by atoms with Crippen molar-refractivity contribution in [2.45, 2.75) is 12.8 Å². The van der Waals surface area contributed by atoms with Gasteiger partial charge in [-0.05, 0) is 38.1 Å². The quantitative estimate of drug-likeness (QED) is 0.619. The number of carbonyl (C=O) groups excluding carboxylic acids is 3. The average molecular weight is 289 g/mol. The molecule has 21 heavy (non-hydrogen) atoms. The number of likely N-dealkylation sites (tertiary alicyclic amines) is 1. The van der Waals surface area contributed by atoms with Gasteiger partial charge in [0.2, 0.25) is 0 Å². The summed E-state index contributed by atoms with van der Waals surface area (Å²) in [4.78, 5) is 36.1. The van der Waals surface area contributed by atoms with E-state index in [1.165, 1.54) is 0 Å². The molecule has 0 unspecified atom stereocenters. The molecule has 0 aliphatic carbocycles. The van der Waals surface area contributed by atoms with Crippen LogP contribution < -0.4 is 10.9 Å². The first-order valence-corrected chi connectivity index (χ1v) is 7.01. The van der Waals surface area contributed by atoms with Gasteiger partial charge in [-0.2, -0.15) is 0 Å². The van der Waals surface area contributed by atoms with Gasteiger partial charge in [-0.1, -0.05) is 18.2 Å². The number of nitrogens with zero attached hydrogens (tertiary/aromatic N) is 1. The standard InChI is InChI=1S/C15H19N3O3/c19-11-12-6-8-18(9-7-12)10-14(20)16-17-15(21)13-4-2-1-3-5-13/h1-5,11-12H,6-10H2,(H,16,20)(H,17,21). The number of rotatable bonds is 4. The first kappa shape index (κ1) is 15.2. The zero-order valence-electron chi connectivity index (χ0n) is 11.7. The minimum Gasteiger partial charge on any atom is -0.303 e. The smallest absolute Gasteiger partial charge is 0.269 e. The highest BCUT2D eigenvalue weighted by molar-refractivity contribution is 5.95. The second-order valence-electron chi connectivity index (χ2n) is 5.12. The lowest BCUT2D eigenvalue weighted by atomic mass is 9.99. The molecule has 1 fully saturated rings. The molecule has 2 amide bonds. The minimum atomic E-state index is -0.344. The van der Waals surface area contributed by atoms with E-state index >= 15 is 0 Å². The van der Waals surface area contributed by atoms with Gasteiger partial charge in [0.15, 0.2) is 0 Å². The van der Waals surface area contributed by atoms with Crippen molar-refractivity contribution in [1.29, 1.82) is 0 Å². The lowest BCUT2D eigenvalue weighted by Gasteiger charge is -2.28. The Labute approximate surface area is 123 Å². The first-order chi connectivity index (χ1) is 10.2. The van der Waals surface area contributed by atoms with E-state index in [1.54, 1.807) is 24.3 Å². The first-order valence-electron chi connectivity index (χ1n) is 7.01. The van der Waals surface area contributed by atoms with E-state index < -0.39 is 0 Å². The van der Waals surface area contributed by atoms with Gasteiger partial charge in [0.1, 0.15) is 6.29 Å². The molecule has 2 rings (SSSR count). The third-order valence-corrected chi connectivity index (χ3v) is 3.54. The van der Waals surface area contributed by atoms with Gasteiger partial charge in [-0.3, -0.25) is 25.3 Å². The molecule has 1 aromatic carbocycles. The van der Waals surface area contributed by atoms with Crippen molar-refractivity contribution < 1.29 is 14.4 Å². The summed E-state index contributed by atoms with van der Waals surface area (Å²) in [5.41, 5.74) is 5.28. The lowest BCUT2D eigenvalue weighted by Crippen LogP contribution is -2.48. The number of hydrazine groups is 1. The fraction of sp³-hybridized carbons (Fsp3) is 0.400. The van der Waals surface area contributed by atoms with Crippen molar-refractivity contribution in [3.05, 3.63) is 35.9 Å². The van der Waals surface area contributed by atoms with E-state index in [-0.39, 0.29) is 24.3 Å². The Hall–Kier alpha value is -2.21. The zero-order chi connectivity index (χ0) is 15.1. The molecule has 1 aromatic rings. The van der Waals surface area contributed by atoms with E-state index in [4.69, 9.17) is 0 Å². The van der Waals surface area contributed by atoms with Gasteiger partial charge in [-0.15, -0.1) is 0 Å². The van der Waals surface area contributed by atoms with Crippen LogP contribution in [0.1, 0.15) is 23.2 Å². The third-order valence-electron chi connectivity index (χ3n) is 3.54. The van der Waals surface area contributed by atoms with Gasteiger partial charge in [0, 0.05) is 11.5 Å². The molecule has 1 aliphatic heterocycles. The highest BCUT2D eigenvalue weighted by Crippen LogP contribution is 2.14. The highest BCUT2D eigenvalue weighted by atomic mass is 16.2. The maximum Gasteiger partial charge on any atom is 0.269 e. The summed E-state index contributed by atoms with van der Waals surface area (Å²) in [5, 5.41) is 0. The zero-order valence-corrected chi connectivity index (χ0v) is 11.7. The molecule has 6 heteroatoms. The Morgan fingerprint density at radius 2 is 1.81 bits per heavy atom. The second-order valence-corrected chi connectivity index (χ2v) is 5.12. The molecule has 0 atom stereocenters. The van der Waals surface area contributed by atoms with Gasteiger partial charge >= 0.3 is 0 Å². The molecular weight excluding hydrogens is 270 g/mol. The average Bonchev–Trinajstić information content (AvgIpc) is 2.54. The van der Waals surface area contributed by atoms with Gasteiger partial charge in [-0.25, -0.2) is 0 Å². The van der Waals surface area contributed by atoms with Crippen LogP contribution in [0, 0.1) is 5.92 Å². The van der Waals surface area contributed by atoms with E-state index in [2.05, 4.69) is 10.9 Å². The molecule has 0 radical (unpaired) electrons. The molecular formula is C15H19N3O3. The molecule has 1 heterocycles. The molecule has 1 aliphatic rings. The van der Waals surface area contributed by atoms with E-state index in [0.717, 1.165) is 32.2 Å². The minimum absolute atomic E-state index is 0.113. The summed E-state index contributed by atoms with van der Waals surface area (Å²) in [6.07, 6.45) is 2.55. The number of hydrogen-bond donors (Lipinski definition) is 2. The van der Waals surface area contributed by atoms with Crippen LogP contribution >= 0.6 is 0 Å². The monoisotopic (exact) mass is 289 g/mol. The normalized spacial score (nSPS) is 16.2. The highest BCUT2D eigenvalue weighted by Gasteiger charge is 2.20. The van der Waals surface area contributed by atoms with Crippen LogP contribution in [0.15, 0.2) is 30.3 Å². The molecule has 2 N–H and O–H groups in total. The predicted octanol–water partition coefficient (Wildman–Crippen LogP) is 0.359. The fourth-order valence-corrected chi connectivity index (χ4v) is 2.28. The molecule has 112 valence electrons. The maximum absolute atomic E-state index is 11.8. The number of hydrogen-bond acceptors (Lipinski definition) is 4. The fourth-order valence-electron chi connectivity index (χ4n) is 2.28. The Morgan fingerprint density at radius 3 is 2.43 bits per heavy atom. The van der Waals surface area contributed by atoms with Gasteiger partial charge in [0.05, 0.1) is 6.54 Å². The molecule has 6 nitrogen and oxygen atoms in total. The van der Waals surface area contributed by atoms with Crippen molar-refractivity contribution in [2.24, 2.45) is 5.92 Å². The van der Waals surface area contributed by atoms with Crippen molar-refractivity contribution in [3.8, 4) is 0 Å². The largest absolute Gasteiger partial charge is 0.303 e. The predicted molar refractivity (Wildman–Crippen MR) is 77.3 cm³/mol. The van der Waals surface area contributed by atoms with E-state index in [9.17, 15) is 14.4 Å².